The zero-order valence-electron chi connectivity index (χ0n) is 8.83. The van der Waals surface area contributed by atoms with E-state index in [9.17, 15) is 0 Å². The Labute approximate surface area is 85.0 Å². The van der Waals surface area contributed by atoms with E-state index < -0.39 is 0 Å². The van der Waals surface area contributed by atoms with E-state index in [1.54, 1.807) is 6.20 Å². The van der Waals surface area contributed by atoms with Gasteiger partial charge in [-0.15, -0.1) is 0 Å². The van der Waals surface area contributed by atoms with E-state index in [2.05, 4.69) is 22.2 Å². The SMILES string of the molecule is CCCC(N)CNc1ccnc(C)n1. The van der Waals surface area contributed by atoms with Crippen LogP contribution >= 0.6 is 0 Å². The van der Waals surface area contributed by atoms with Crippen LogP contribution < -0.4 is 11.1 Å². The number of nitrogens with zero attached hydrogens (tertiary/aromatic N) is 2. The van der Waals surface area contributed by atoms with Gasteiger partial charge in [-0.1, -0.05) is 13.3 Å². The molecule has 14 heavy (non-hydrogen) atoms. The number of hydrogen-bond acceptors (Lipinski definition) is 4. The number of nitrogens with two attached hydrogens (primary N) is 1. The molecule has 0 spiro atoms. The first kappa shape index (κ1) is 10.9. The summed E-state index contributed by atoms with van der Waals surface area (Å²) in [6.45, 7) is 4.77. The minimum atomic E-state index is 0.204. The van der Waals surface area contributed by atoms with E-state index >= 15 is 0 Å². The molecule has 78 valence electrons. The van der Waals surface area contributed by atoms with Crippen molar-refractivity contribution in [2.24, 2.45) is 5.73 Å². The standard InChI is InChI=1S/C10H18N4/c1-3-4-9(11)7-13-10-5-6-12-8(2)14-10/h5-6,9H,3-4,7,11H2,1-2H3,(H,12,13,14). The maximum absolute atomic E-state index is 5.86. The van der Waals surface area contributed by atoms with Crippen LogP contribution in [0, 0.1) is 6.92 Å². The summed E-state index contributed by atoms with van der Waals surface area (Å²) in [7, 11) is 0. The molecule has 0 aliphatic heterocycles. The average Bonchev–Trinajstić information content (AvgIpc) is 2.15. The molecule has 0 amide bonds. The maximum atomic E-state index is 5.86. The number of aryl methyl sites for hydroxylation is 1. The summed E-state index contributed by atoms with van der Waals surface area (Å²) in [5.41, 5.74) is 5.86. The second-order valence-corrected chi connectivity index (χ2v) is 3.42. The zero-order chi connectivity index (χ0) is 10.4. The molecule has 4 nitrogen and oxygen atoms in total. The van der Waals surface area contributed by atoms with E-state index in [1.807, 2.05) is 13.0 Å². The molecule has 0 saturated carbocycles. The van der Waals surface area contributed by atoms with Gasteiger partial charge in [0.15, 0.2) is 0 Å². The van der Waals surface area contributed by atoms with E-state index in [4.69, 9.17) is 5.73 Å². The van der Waals surface area contributed by atoms with Gasteiger partial charge in [0.05, 0.1) is 0 Å². The minimum absolute atomic E-state index is 0.204. The highest BCUT2D eigenvalue weighted by Gasteiger charge is 2.01. The summed E-state index contributed by atoms with van der Waals surface area (Å²) in [5, 5.41) is 3.19. The van der Waals surface area contributed by atoms with Gasteiger partial charge in [0.25, 0.3) is 0 Å². The Morgan fingerprint density at radius 2 is 2.36 bits per heavy atom. The van der Waals surface area contributed by atoms with Gasteiger partial charge >= 0.3 is 0 Å². The monoisotopic (exact) mass is 194 g/mol. The topological polar surface area (TPSA) is 63.8 Å². The van der Waals surface area contributed by atoms with Crippen LogP contribution in [-0.2, 0) is 0 Å². The van der Waals surface area contributed by atoms with Crippen molar-refractivity contribution in [3.8, 4) is 0 Å². The van der Waals surface area contributed by atoms with Gasteiger partial charge in [-0.2, -0.15) is 0 Å². The Morgan fingerprint density at radius 1 is 1.57 bits per heavy atom. The molecule has 0 aliphatic rings. The van der Waals surface area contributed by atoms with Crippen molar-refractivity contribution in [3.05, 3.63) is 18.1 Å². The highest BCUT2D eigenvalue weighted by Crippen LogP contribution is 2.01. The van der Waals surface area contributed by atoms with Crippen LogP contribution in [0.5, 0.6) is 0 Å². The van der Waals surface area contributed by atoms with Crippen LogP contribution in [0.3, 0.4) is 0 Å². The fourth-order valence-electron chi connectivity index (χ4n) is 1.26. The lowest BCUT2D eigenvalue weighted by molar-refractivity contribution is 0.626. The molecule has 1 aromatic rings. The molecule has 0 bridgehead atoms. The Bertz CT molecular complexity index is 275. The predicted molar refractivity (Wildman–Crippen MR) is 58.1 cm³/mol. The third kappa shape index (κ3) is 3.70. The smallest absolute Gasteiger partial charge is 0.129 e. The minimum Gasteiger partial charge on any atom is -0.368 e. The van der Waals surface area contributed by atoms with Crippen molar-refractivity contribution >= 4 is 5.82 Å². The fourth-order valence-corrected chi connectivity index (χ4v) is 1.26. The highest BCUT2D eigenvalue weighted by atomic mass is 15.0. The van der Waals surface area contributed by atoms with Crippen molar-refractivity contribution in [3.63, 3.8) is 0 Å². The molecule has 1 atom stereocenters. The van der Waals surface area contributed by atoms with E-state index in [0.717, 1.165) is 31.0 Å². The van der Waals surface area contributed by atoms with Crippen molar-refractivity contribution in [2.75, 3.05) is 11.9 Å². The fraction of sp³-hybridized carbons (Fsp3) is 0.600. The molecule has 0 saturated heterocycles. The molecule has 3 N–H and O–H groups in total. The van der Waals surface area contributed by atoms with E-state index in [1.165, 1.54) is 0 Å². The summed E-state index contributed by atoms with van der Waals surface area (Å²) in [5.74, 6) is 1.63. The molecular weight excluding hydrogens is 176 g/mol. The van der Waals surface area contributed by atoms with Gasteiger partial charge in [-0.3, -0.25) is 0 Å². The summed E-state index contributed by atoms with van der Waals surface area (Å²) in [4.78, 5) is 8.25. The average molecular weight is 194 g/mol. The number of rotatable bonds is 5. The van der Waals surface area contributed by atoms with Crippen molar-refractivity contribution in [1.82, 2.24) is 9.97 Å². The lowest BCUT2D eigenvalue weighted by Gasteiger charge is -2.11. The van der Waals surface area contributed by atoms with Crippen molar-refractivity contribution in [1.29, 1.82) is 0 Å². The number of aromatic nitrogens is 2. The number of hydrogen-bond donors (Lipinski definition) is 2. The summed E-state index contributed by atoms with van der Waals surface area (Å²) in [6.07, 6.45) is 3.90. The largest absolute Gasteiger partial charge is 0.368 e. The molecule has 0 aliphatic carbocycles. The van der Waals surface area contributed by atoms with Crippen molar-refractivity contribution < 1.29 is 0 Å². The second kappa shape index (κ2) is 5.54. The Kier molecular flexibility index (Phi) is 4.32. The molecule has 0 radical (unpaired) electrons. The van der Waals surface area contributed by atoms with Crippen LogP contribution in [-0.4, -0.2) is 22.6 Å². The van der Waals surface area contributed by atoms with Gasteiger partial charge in [-0.25, -0.2) is 9.97 Å². The summed E-state index contributed by atoms with van der Waals surface area (Å²) >= 11 is 0. The van der Waals surface area contributed by atoms with Crippen LogP contribution in [0.4, 0.5) is 5.82 Å². The first-order valence-corrected chi connectivity index (χ1v) is 5.01. The third-order valence-corrected chi connectivity index (χ3v) is 1.98. The molecule has 0 aromatic carbocycles. The number of anilines is 1. The third-order valence-electron chi connectivity index (χ3n) is 1.98. The van der Waals surface area contributed by atoms with Crippen molar-refractivity contribution in [2.45, 2.75) is 32.7 Å². The van der Waals surface area contributed by atoms with E-state index in [-0.39, 0.29) is 6.04 Å². The predicted octanol–water partition coefficient (Wildman–Crippen LogP) is 1.32. The molecule has 0 fully saturated rings. The van der Waals surface area contributed by atoms with Gasteiger partial charge in [0.1, 0.15) is 11.6 Å². The molecule has 4 heteroatoms. The number of nitrogens with one attached hydrogen (secondary N) is 1. The lowest BCUT2D eigenvalue weighted by Crippen LogP contribution is -2.29. The second-order valence-electron chi connectivity index (χ2n) is 3.42. The van der Waals surface area contributed by atoms with Crippen LogP contribution in [0.15, 0.2) is 12.3 Å². The molecule has 1 rings (SSSR count). The summed E-state index contributed by atoms with van der Waals surface area (Å²) < 4.78 is 0. The summed E-state index contributed by atoms with van der Waals surface area (Å²) in [6, 6.07) is 2.06. The molecular formula is C10H18N4. The van der Waals surface area contributed by atoms with Crippen LogP contribution in [0.25, 0.3) is 0 Å². The Hall–Kier alpha value is -1.16. The van der Waals surface area contributed by atoms with E-state index in [0.29, 0.717) is 0 Å². The molecule has 1 aromatic heterocycles. The first-order chi connectivity index (χ1) is 6.72. The molecule has 1 unspecified atom stereocenters. The zero-order valence-corrected chi connectivity index (χ0v) is 8.83. The lowest BCUT2D eigenvalue weighted by atomic mass is 10.2. The Balaban J connectivity index is 2.37. The van der Waals surface area contributed by atoms with Gasteiger partial charge in [0, 0.05) is 18.8 Å². The van der Waals surface area contributed by atoms with Gasteiger partial charge in [0.2, 0.25) is 0 Å². The quantitative estimate of drug-likeness (QED) is 0.742. The maximum Gasteiger partial charge on any atom is 0.129 e. The van der Waals surface area contributed by atoms with Gasteiger partial charge < -0.3 is 11.1 Å². The highest BCUT2D eigenvalue weighted by molar-refractivity contribution is 5.32. The first-order valence-electron chi connectivity index (χ1n) is 5.01. The molecule has 1 heterocycles. The Morgan fingerprint density at radius 3 is 3.00 bits per heavy atom. The normalized spacial score (nSPS) is 12.5. The van der Waals surface area contributed by atoms with Gasteiger partial charge in [-0.05, 0) is 19.4 Å². The van der Waals surface area contributed by atoms with Crippen LogP contribution in [0.2, 0.25) is 0 Å². The van der Waals surface area contributed by atoms with Crippen LogP contribution in [0.1, 0.15) is 25.6 Å².